The number of guanidine groups is 1. The van der Waals surface area contributed by atoms with Crippen LogP contribution in [0, 0.1) is 0 Å². The highest BCUT2D eigenvalue weighted by molar-refractivity contribution is 9.10. The average molecular weight is 343 g/mol. The van der Waals surface area contributed by atoms with Gasteiger partial charge in [0.15, 0.2) is 11.5 Å². The number of rotatable bonds is 6. The first kappa shape index (κ1) is 16.3. The maximum atomic E-state index is 5.71. The lowest BCUT2D eigenvalue weighted by atomic mass is 10.2. The fraction of sp³-hybridized carbons (Fsp3) is 0.385. The highest BCUT2D eigenvalue weighted by Crippen LogP contribution is 2.33. The highest BCUT2D eigenvalue weighted by atomic mass is 79.9. The van der Waals surface area contributed by atoms with Gasteiger partial charge < -0.3 is 20.9 Å². The number of nitrogens with two attached hydrogens (primary N) is 2. The average Bonchev–Trinajstić information content (AvgIpc) is 2.33. The third kappa shape index (κ3) is 5.08. The van der Waals surface area contributed by atoms with Crippen LogP contribution >= 0.6 is 15.9 Å². The summed E-state index contributed by atoms with van der Waals surface area (Å²) in [5.74, 6) is 1.23. The van der Waals surface area contributed by atoms with E-state index in [-0.39, 0.29) is 12.1 Å². The molecule has 0 aromatic heterocycles. The predicted molar refractivity (Wildman–Crippen MR) is 84.5 cm³/mol. The van der Waals surface area contributed by atoms with E-state index < -0.39 is 0 Å². The van der Waals surface area contributed by atoms with E-state index in [1.165, 1.54) is 6.21 Å². The number of halogens is 1. The Kier molecular flexibility index (Phi) is 6.30. The molecule has 6 nitrogen and oxygen atoms in total. The van der Waals surface area contributed by atoms with Crippen molar-refractivity contribution in [3.8, 4) is 11.5 Å². The first-order chi connectivity index (χ1) is 9.43. The molecule has 0 unspecified atom stereocenters. The van der Waals surface area contributed by atoms with E-state index in [1.807, 2.05) is 32.9 Å². The first-order valence-electron chi connectivity index (χ1n) is 6.19. The van der Waals surface area contributed by atoms with Gasteiger partial charge in [0.05, 0.1) is 18.9 Å². The van der Waals surface area contributed by atoms with Crippen molar-refractivity contribution < 1.29 is 9.47 Å². The molecule has 20 heavy (non-hydrogen) atoms. The van der Waals surface area contributed by atoms with E-state index in [9.17, 15) is 0 Å². The number of hydrogen-bond donors (Lipinski definition) is 2. The molecule has 0 bridgehead atoms. The van der Waals surface area contributed by atoms with E-state index >= 15 is 0 Å². The van der Waals surface area contributed by atoms with Gasteiger partial charge in [-0.15, -0.1) is 5.10 Å². The van der Waals surface area contributed by atoms with Gasteiger partial charge in [0.25, 0.3) is 0 Å². The number of nitrogens with zero attached hydrogens (tertiary/aromatic N) is 2. The van der Waals surface area contributed by atoms with Gasteiger partial charge in [-0.2, -0.15) is 5.10 Å². The summed E-state index contributed by atoms with van der Waals surface area (Å²) in [7, 11) is 0. The Bertz CT molecular complexity index is 511. The molecule has 0 atom stereocenters. The van der Waals surface area contributed by atoms with Gasteiger partial charge in [-0.3, -0.25) is 0 Å². The van der Waals surface area contributed by atoms with Crippen LogP contribution in [0.4, 0.5) is 0 Å². The summed E-state index contributed by atoms with van der Waals surface area (Å²) in [6.45, 7) is 6.37. The monoisotopic (exact) mass is 342 g/mol. The smallest absolute Gasteiger partial charge is 0.211 e. The molecule has 1 aromatic carbocycles. The predicted octanol–water partition coefficient (Wildman–Crippen LogP) is 2.24. The largest absolute Gasteiger partial charge is 0.490 e. The summed E-state index contributed by atoms with van der Waals surface area (Å²) >= 11 is 3.45. The molecule has 0 radical (unpaired) electrons. The fourth-order valence-corrected chi connectivity index (χ4v) is 1.85. The van der Waals surface area contributed by atoms with Gasteiger partial charge in [-0.1, -0.05) is 0 Å². The van der Waals surface area contributed by atoms with Crippen LogP contribution in [0.25, 0.3) is 0 Å². The Labute approximate surface area is 127 Å². The minimum absolute atomic E-state index is 0.0576. The van der Waals surface area contributed by atoms with Crippen molar-refractivity contribution in [1.29, 1.82) is 0 Å². The summed E-state index contributed by atoms with van der Waals surface area (Å²) in [5.41, 5.74) is 11.2. The van der Waals surface area contributed by atoms with Crippen LogP contribution in [0.1, 0.15) is 26.3 Å². The van der Waals surface area contributed by atoms with Crippen molar-refractivity contribution in [2.24, 2.45) is 21.7 Å². The topological polar surface area (TPSA) is 95.2 Å². The molecular weight excluding hydrogens is 324 g/mol. The van der Waals surface area contributed by atoms with E-state index in [2.05, 4.69) is 26.1 Å². The molecule has 110 valence electrons. The molecule has 0 amide bonds. The van der Waals surface area contributed by atoms with E-state index in [0.717, 1.165) is 10.0 Å². The standard InChI is InChI=1S/C13H19BrN4O2/c1-4-19-11-5-9(7-17-18-13(15)16)10(14)6-12(11)20-8(2)3/h5-8H,4H2,1-3H3,(H4,15,16,18). The molecule has 0 aliphatic rings. The normalized spacial score (nSPS) is 10.8. The summed E-state index contributed by atoms with van der Waals surface area (Å²) in [6.07, 6.45) is 1.59. The maximum Gasteiger partial charge on any atom is 0.211 e. The van der Waals surface area contributed by atoms with Gasteiger partial charge in [-0.05, 0) is 48.8 Å². The van der Waals surface area contributed by atoms with Crippen molar-refractivity contribution in [2.75, 3.05) is 6.61 Å². The zero-order chi connectivity index (χ0) is 15.1. The van der Waals surface area contributed by atoms with Crippen molar-refractivity contribution in [2.45, 2.75) is 26.9 Å². The Morgan fingerprint density at radius 2 is 2.05 bits per heavy atom. The van der Waals surface area contributed by atoms with Crippen LogP contribution in [0.15, 0.2) is 26.8 Å². The third-order valence-corrected chi connectivity index (χ3v) is 2.78. The van der Waals surface area contributed by atoms with Gasteiger partial charge in [0, 0.05) is 10.0 Å². The van der Waals surface area contributed by atoms with Gasteiger partial charge >= 0.3 is 0 Å². The molecule has 1 aromatic rings. The summed E-state index contributed by atoms with van der Waals surface area (Å²) < 4.78 is 12.1. The fourth-order valence-electron chi connectivity index (χ4n) is 1.42. The lowest BCUT2D eigenvalue weighted by molar-refractivity contribution is 0.223. The van der Waals surface area contributed by atoms with Crippen LogP contribution in [0.2, 0.25) is 0 Å². The van der Waals surface area contributed by atoms with Crippen molar-refractivity contribution in [1.82, 2.24) is 0 Å². The van der Waals surface area contributed by atoms with E-state index in [1.54, 1.807) is 0 Å². The summed E-state index contributed by atoms with van der Waals surface area (Å²) in [6, 6.07) is 3.65. The summed E-state index contributed by atoms with van der Waals surface area (Å²) in [4.78, 5) is 0. The molecule has 4 N–H and O–H groups in total. The number of benzene rings is 1. The molecule has 0 saturated carbocycles. The molecule has 0 fully saturated rings. The van der Waals surface area contributed by atoms with Gasteiger partial charge in [0.1, 0.15) is 0 Å². The maximum absolute atomic E-state index is 5.71. The van der Waals surface area contributed by atoms with E-state index in [4.69, 9.17) is 20.9 Å². The van der Waals surface area contributed by atoms with Crippen LogP contribution < -0.4 is 20.9 Å². The minimum atomic E-state index is -0.0952. The highest BCUT2D eigenvalue weighted by Gasteiger charge is 2.11. The van der Waals surface area contributed by atoms with Gasteiger partial charge in [0.2, 0.25) is 5.96 Å². The van der Waals surface area contributed by atoms with Crippen molar-refractivity contribution in [3.63, 3.8) is 0 Å². The molecule has 0 aliphatic heterocycles. The Morgan fingerprint density at radius 1 is 1.35 bits per heavy atom. The van der Waals surface area contributed by atoms with E-state index in [0.29, 0.717) is 18.1 Å². The lowest BCUT2D eigenvalue weighted by Crippen LogP contribution is -2.21. The van der Waals surface area contributed by atoms with Gasteiger partial charge in [-0.25, -0.2) is 0 Å². The molecule has 0 heterocycles. The quantitative estimate of drug-likeness (QED) is 0.470. The van der Waals surface area contributed by atoms with Crippen LogP contribution in [0.5, 0.6) is 11.5 Å². The molecule has 0 aliphatic carbocycles. The number of hydrogen-bond acceptors (Lipinski definition) is 4. The molecule has 1 rings (SSSR count). The molecule has 7 heteroatoms. The zero-order valence-corrected chi connectivity index (χ0v) is 13.3. The third-order valence-electron chi connectivity index (χ3n) is 2.10. The SMILES string of the molecule is CCOc1cc(C=NN=C(N)N)c(Br)cc1OC(C)C. The van der Waals surface area contributed by atoms with Crippen molar-refractivity contribution in [3.05, 3.63) is 22.2 Å². The zero-order valence-electron chi connectivity index (χ0n) is 11.8. The molecule has 0 saturated heterocycles. The first-order valence-corrected chi connectivity index (χ1v) is 6.98. The second-order valence-electron chi connectivity index (χ2n) is 4.19. The Morgan fingerprint density at radius 3 is 2.60 bits per heavy atom. The minimum Gasteiger partial charge on any atom is -0.490 e. The second kappa shape index (κ2) is 7.74. The molecule has 0 spiro atoms. The second-order valence-corrected chi connectivity index (χ2v) is 5.04. The Balaban J connectivity index is 3.11. The van der Waals surface area contributed by atoms with Crippen LogP contribution in [-0.2, 0) is 0 Å². The van der Waals surface area contributed by atoms with Crippen LogP contribution in [0.3, 0.4) is 0 Å². The molecular formula is C13H19BrN4O2. The number of ether oxygens (including phenoxy) is 2. The van der Waals surface area contributed by atoms with Crippen molar-refractivity contribution >= 4 is 28.1 Å². The lowest BCUT2D eigenvalue weighted by Gasteiger charge is -2.15. The van der Waals surface area contributed by atoms with Crippen LogP contribution in [-0.4, -0.2) is 24.9 Å². The Hall–Kier alpha value is -1.76. The summed E-state index contributed by atoms with van der Waals surface area (Å²) in [5, 5.41) is 7.34.